The molecule has 5 nitrogen and oxygen atoms in total. The van der Waals surface area contributed by atoms with E-state index in [2.05, 4.69) is 24.4 Å². The topological polar surface area (TPSA) is 52.7 Å². The molecular weight excluding hydrogens is 350 g/mol. The summed E-state index contributed by atoms with van der Waals surface area (Å²) in [6.45, 7) is 3.75. The molecule has 1 saturated heterocycles. The van der Waals surface area contributed by atoms with E-state index in [4.69, 9.17) is 0 Å². The second kappa shape index (κ2) is 8.24. The third-order valence-corrected chi connectivity index (χ3v) is 7.06. The van der Waals surface area contributed by atoms with Gasteiger partial charge in [0.25, 0.3) is 0 Å². The number of piperidine rings is 1. The molecule has 1 aromatic carbocycles. The average Bonchev–Trinajstić information content (AvgIpc) is 3.08. The van der Waals surface area contributed by atoms with Gasteiger partial charge in [0, 0.05) is 36.8 Å². The van der Waals surface area contributed by atoms with Crippen LogP contribution in [0.1, 0.15) is 51.0 Å². The van der Waals surface area contributed by atoms with Gasteiger partial charge < -0.3 is 15.1 Å². The number of anilines is 1. The van der Waals surface area contributed by atoms with E-state index in [9.17, 15) is 9.59 Å². The maximum Gasteiger partial charge on any atom is 0.231 e. The molecule has 1 saturated carbocycles. The summed E-state index contributed by atoms with van der Waals surface area (Å²) < 4.78 is 0. The molecule has 0 radical (unpaired) electrons. The van der Waals surface area contributed by atoms with Crippen molar-refractivity contribution in [2.75, 3.05) is 25.0 Å². The summed E-state index contributed by atoms with van der Waals surface area (Å²) in [7, 11) is 1.99. The lowest BCUT2D eigenvalue weighted by Crippen LogP contribution is -2.51. The van der Waals surface area contributed by atoms with E-state index in [1.54, 1.807) is 0 Å². The zero-order valence-corrected chi connectivity index (χ0v) is 17.2. The quantitative estimate of drug-likeness (QED) is 0.873. The van der Waals surface area contributed by atoms with Crippen LogP contribution < -0.4 is 10.2 Å². The largest absolute Gasteiger partial charge is 0.342 e. The Morgan fingerprint density at radius 3 is 2.29 bits per heavy atom. The van der Waals surface area contributed by atoms with E-state index in [1.807, 2.05) is 29.0 Å². The van der Waals surface area contributed by atoms with Crippen molar-refractivity contribution in [1.82, 2.24) is 10.2 Å². The van der Waals surface area contributed by atoms with Crippen LogP contribution in [-0.2, 0) is 16.0 Å². The van der Waals surface area contributed by atoms with E-state index in [-0.39, 0.29) is 29.7 Å². The van der Waals surface area contributed by atoms with Crippen molar-refractivity contribution < 1.29 is 9.59 Å². The summed E-state index contributed by atoms with van der Waals surface area (Å²) in [5.74, 6) is 0.0672. The molecule has 4 rings (SSSR count). The molecular formula is C23H33N3O2. The summed E-state index contributed by atoms with van der Waals surface area (Å²) in [6.07, 6.45) is 6.71. The molecule has 2 fully saturated rings. The third kappa shape index (κ3) is 3.57. The first-order valence-electron chi connectivity index (χ1n) is 11.0. The smallest absolute Gasteiger partial charge is 0.231 e. The highest BCUT2D eigenvalue weighted by Gasteiger charge is 2.43. The number of hydrogen-bond acceptors (Lipinski definition) is 3. The summed E-state index contributed by atoms with van der Waals surface area (Å²) in [5, 5.41) is 3.32. The van der Waals surface area contributed by atoms with Crippen LogP contribution in [0.25, 0.3) is 0 Å². The lowest BCUT2D eigenvalue weighted by molar-refractivity contribution is -0.143. The highest BCUT2D eigenvalue weighted by Crippen LogP contribution is 2.38. The van der Waals surface area contributed by atoms with Crippen molar-refractivity contribution in [2.45, 2.75) is 64.0 Å². The zero-order chi connectivity index (χ0) is 19.7. The number of benzene rings is 1. The van der Waals surface area contributed by atoms with Gasteiger partial charge in [0.1, 0.15) is 0 Å². The van der Waals surface area contributed by atoms with Gasteiger partial charge >= 0.3 is 0 Å². The first-order chi connectivity index (χ1) is 13.6. The Labute approximate surface area is 168 Å². The minimum Gasteiger partial charge on any atom is -0.342 e. The third-order valence-electron chi connectivity index (χ3n) is 7.06. The Morgan fingerprint density at radius 1 is 0.964 bits per heavy atom. The number of likely N-dealkylation sites (tertiary alicyclic amines) is 1. The number of para-hydroxylation sites is 1. The monoisotopic (exact) mass is 383 g/mol. The number of carbonyl (C=O) groups excluding carboxylic acids is 2. The molecule has 3 atom stereocenters. The molecule has 2 aliphatic heterocycles. The van der Waals surface area contributed by atoms with Gasteiger partial charge in [-0.3, -0.25) is 9.59 Å². The van der Waals surface area contributed by atoms with Crippen molar-refractivity contribution in [3.05, 3.63) is 29.8 Å². The number of fused-ring (bicyclic) bond motifs is 1. The standard InChI is InChI=1S/C23H33N3O2/c1-16-15-17-7-3-6-10-21(17)26(16)23(28)20-9-5-4-8-19(20)22(27)25-13-11-18(24-2)12-14-25/h3,6-7,10,16,18-20,24H,4-5,8-9,11-15H2,1-2H3. The van der Waals surface area contributed by atoms with E-state index in [1.165, 1.54) is 5.56 Å². The first kappa shape index (κ1) is 19.4. The van der Waals surface area contributed by atoms with Gasteiger partial charge in [-0.25, -0.2) is 0 Å². The van der Waals surface area contributed by atoms with Gasteiger partial charge in [-0.2, -0.15) is 0 Å². The summed E-state index contributed by atoms with van der Waals surface area (Å²) >= 11 is 0. The van der Waals surface area contributed by atoms with Gasteiger partial charge in [-0.05, 0) is 57.7 Å². The average molecular weight is 384 g/mol. The van der Waals surface area contributed by atoms with Crippen LogP contribution in [0.3, 0.4) is 0 Å². The number of amides is 2. The van der Waals surface area contributed by atoms with Crippen molar-refractivity contribution in [3.63, 3.8) is 0 Å². The van der Waals surface area contributed by atoms with Crippen LogP contribution in [0.15, 0.2) is 24.3 Å². The van der Waals surface area contributed by atoms with E-state index >= 15 is 0 Å². The number of nitrogens with zero attached hydrogens (tertiary/aromatic N) is 2. The van der Waals surface area contributed by atoms with Crippen molar-refractivity contribution in [3.8, 4) is 0 Å². The van der Waals surface area contributed by atoms with Crippen LogP contribution in [0.4, 0.5) is 5.69 Å². The van der Waals surface area contributed by atoms with Crippen LogP contribution in [0.2, 0.25) is 0 Å². The fourth-order valence-corrected chi connectivity index (χ4v) is 5.43. The minimum absolute atomic E-state index is 0.146. The van der Waals surface area contributed by atoms with E-state index in [0.29, 0.717) is 6.04 Å². The highest BCUT2D eigenvalue weighted by atomic mass is 16.2. The summed E-state index contributed by atoms with van der Waals surface area (Å²) in [6, 6.07) is 8.91. The van der Waals surface area contributed by atoms with Crippen LogP contribution in [0.5, 0.6) is 0 Å². The van der Waals surface area contributed by atoms with Crippen molar-refractivity contribution in [2.24, 2.45) is 11.8 Å². The number of hydrogen-bond donors (Lipinski definition) is 1. The second-order valence-electron chi connectivity index (χ2n) is 8.78. The molecule has 0 aromatic heterocycles. The van der Waals surface area contributed by atoms with E-state index in [0.717, 1.165) is 63.7 Å². The fraction of sp³-hybridized carbons (Fsp3) is 0.652. The normalized spacial score (nSPS) is 28.3. The molecule has 3 unspecified atom stereocenters. The first-order valence-corrected chi connectivity index (χ1v) is 11.0. The molecule has 0 bridgehead atoms. The minimum atomic E-state index is -0.170. The van der Waals surface area contributed by atoms with Crippen molar-refractivity contribution >= 4 is 17.5 Å². The summed E-state index contributed by atoms with van der Waals surface area (Å²) in [4.78, 5) is 31.0. The molecule has 152 valence electrons. The van der Waals surface area contributed by atoms with Crippen LogP contribution in [0, 0.1) is 11.8 Å². The SMILES string of the molecule is CNC1CCN(C(=O)C2CCCCC2C(=O)N2c3ccccc3CC2C)CC1. The van der Waals surface area contributed by atoms with Gasteiger partial charge in [-0.1, -0.05) is 31.0 Å². The highest BCUT2D eigenvalue weighted by molar-refractivity contribution is 6.00. The second-order valence-corrected chi connectivity index (χ2v) is 8.78. The Balaban J connectivity index is 1.51. The molecule has 1 aromatic rings. The Hall–Kier alpha value is -1.88. The maximum atomic E-state index is 13.6. The summed E-state index contributed by atoms with van der Waals surface area (Å²) in [5.41, 5.74) is 2.29. The molecule has 2 amide bonds. The Kier molecular flexibility index (Phi) is 5.72. The van der Waals surface area contributed by atoms with Gasteiger partial charge in [0.05, 0.1) is 5.92 Å². The lowest BCUT2D eigenvalue weighted by atomic mass is 9.77. The van der Waals surface area contributed by atoms with E-state index < -0.39 is 0 Å². The molecule has 2 heterocycles. The van der Waals surface area contributed by atoms with Crippen LogP contribution in [-0.4, -0.2) is 48.9 Å². The van der Waals surface area contributed by atoms with Gasteiger partial charge in [0.15, 0.2) is 0 Å². The molecule has 1 aliphatic carbocycles. The predicted molar refractivity (Wildman–Crippen MR) is 111 cm³/mol. The number of rotatable bonds is 3. The molecule has 0 spiro atoms. The molecule has 5 heteroatoms. The van der Waals surface area contributed by atoms with Gasteiger partial charge in [0.2, 0.25) is 11.8 Å². The predicted octanol–water partition coefficient (Wildman–Crippen LogP) is 2.98. The van der Waals surface area contributed by atoms with Crippen molar-refractivity contribution in [1.29, 1.82) is 0 Å². The Bertz CT molecular complexity index is 726. The maximum absolute atomic E-state index is 13.6. The molecule has 28 heavy (non-hydrogen) atoms. The zero-order valence-electron chi connectivity index (χ0n) is 17.2. The lowest BCUT2D eigenvalue weighted by Gasteiger charge is -2.39. The Morgan fingerprint density at radius 2 is 1.61 bits per heavy atom. The fourth-order valence-electron chi connectivity index (χ4n) is 5.43. The molecule has 1 N–H and O–H groups in total. The number of carbonyl (C=O) groups is 2. The van der Waals surface area contributed by atoms with Gasteiger partial charge in [-0.15, -0.1) is 0 Å². The molecule has 3 aliphatic rings. The number of nitrogens with one attached hydrogen (secondary N) is 1. The van der Waals surface area contributed by atoms with Crippen LogP contribution >= 0.6 is 0 Å².